The summed E-state index contributed by atoms with van der Waals surface area (Å²) in [5.74, 6) is 1.95. The molecule has 1 unspecified atom stereocenters. The standard InChI is InChI=1S/C15H24N4O/c1-2-4-13-5-3-8-19(13)14-6-7-16-15(17-14)18-9-11-20-12-10-18/h6-7,13H,2-5,8-12H2,1H3. The molecule has 0 spiro atoms. The summed E-state index contributed by atoms with van der Waals surface area (Å²) >= 11 is 0. The lowest BCUT2D eigenvalue weighted by Gasteiger charge is -2.29. The van der Waals surface area contributed by atoms with Gasteiger partial charge >= 0.3 is 0 Å². The minimum atomic E-state index is 0.660. The Morgan fingerprint density at radius 1 is 1.30 bits per heavy atom. The van der Waals surface area contributed by atoms with E-state index in [1.54, 1.807) is 0 Å². The molecule has 0 aromatic carbocycles. The van der Waals surface area contributed by atoms with Crippen LogP contribution in [0.4, 0.5) is 11.8 Å². The fraction of sp³-hybridized carbons (Fsp3) is 0.733. The van der Waals surface area contributed by atoms with E-state index < -0.39 is 0 Å². The van der Waals surface area contributed by atoms with Gasteiger partial charge in [0.1, 0.15) is 5.82 Å². The lowest BCUT2D eigenvalue weighted by atomic mass is 10.1. The Bertz CT molecular complexity index is 434. The quantitative estimate of drug-likeness (QED) is 0.842. The van der Waals surface area contributed by atoms with Crippen molar-refractivity contribution in [2.45, 2.75) is 38.6 Å². The summed E-state index contributed by atoms with van der Waals surface area (Å²) in [5.41, 5.74) is 0. The molecule has 1 aromatic rings. The monoisotopic (exact) mass is 276 g/mol. The van der Waals surface area contributed by atoms with Gasteiger partial charge in [-0.2, -0.15) is 4.98 Å². The van der Waals surface area contributed by atoms with Crippen LogP contribution in [0, 0.1) is 0 Å². The van der Waals surface area contributed by atoms with Crippen LogP contribution in [0.1, 0.15) is 32.6 Å². The van der Waals surface area contributed by atoms with Crippen molar-refractivity contribution in [3.05, 3.63) is 12.3 Å². The summed E-state index contributed by atoms with van der Waals surface area (Å²) in [6.45, 7) is 6.72. The van der Waals surface area contributed by atoms with Gasteiger partial charge in [-0.3, -0.25) is 0 Å². The van der Waals surface area contributed by atoms with Gasteiger partial charge in [-0.25, -0.2) is 4.98 Å². The Balaban J connectivity index is 1.76. The molecule has 3 rings (SSSR count). The zero-order valence-corrected chi connectivity index (χ0v) is 12.3. The molecule has 2 saturated heterocycles. The third-order valence-corrected chi connectivity index (χ3v) is 4.22. The predicted molar refractivity (Wildman–Crippen MR) is 80.3 cm³/mol. The second-order valence-electron chi connectivity index (χ2n) is 5.59. The van der Waals surface area contributed by atoms with Gasteiger partial charge in [-0.1, -0.05) is 13.3 Å². The molecule has 0 aliphatic carbocycles. The van der Waals surface area contributed by atoms with Crippen molar-refractivity contribution >= 4 is 11.8 Å². The van der Waals surface area contributed by atoms with Crippen LogP contribution >= 0.6 is 0 Å². The van der Waals surface area contributed by atoms with Crippen LogP contribution in [0.2, 0.25) is 0 Å². The summed E-state index contributed by atoms with van der Waals surface area (Å²) in [4.78, 5) is 13.9. The first-order valence-electron chi connectivity index (χ1n) is 7.81. The largest absolute Gasteiger partial charge is 0.378 e. The van der Waals surface area contributed by atoms with Crippen molar-refractivity contribution in [1.29, 1.82) is 0 Å². The van der Waals surface area contributed by atoms with Gasteiger partial charge in [0.15, 0.2) is 0 Å². The second-order valence-corrected chi connectivity index (χ2v) is 5.59. The van der Waals surface area contributed by atoms with Crippen molar-refractivity contribution in [2.75, 3.05) is 42.6 Å². The van der Waals surface area contributed by atoms with E-state index in [0.29, 0.717) is 6.04 Å². The van der Waals surface area contributed by atoms with Gasteiger partial charge in [0.2, 0.25) is 5.95 Å². The average molecular weight is 276 g/mol. The Morgan fingerprint density at radius 3 is 2.95 bits per heavy atom. The molecule has 0 radical (unpaired) electrons. The van der Waals surface area contributed by atoms with Crippen molar-refractivity contribution in [2.24, 2.45) is 0 Å². The molecular weight excluding hydrogens is 252 g/mol. The number of aromatic nitrogens is 2. The van der Waals surface area contributed by atoms with Gasteiger partial charge in [-0.15, -0.1) is 0 Å². The first-order valence-corrected chi connectivity index (χ1v) is 7.81. The first kappa shape index (κ1) is 13.6. The SMILES string of the molecule is CCCC1CCCN1c1ccnc(N2CCOCC2)n1. The van der Waals surface area contributed by atoms with E-state index in [1.807, 2.05) is 6.20 Å². The van der Waals surface area contributed by atoms with Gasteiger partial charge in [0, 0.05) is 31.9 Å². The first-order chi connectivity index (χ1) is 9.88. The van der Waals surface area contributed by atoms with Crippen LogP contribution < -0.4 is 9.80 Å². The molecule has 2 fully saturated rings. The molecule has 0 N–H and O–H groups in total. The number of anilines is 2. The van der Waals surface area contributed by atoms with Crippen LogP contribution in [0.15, 0.2) is 12.3 Å². The molecule has 5 heteroatoms. The Morgan fingerprint density at radius 2 is 2.15 bits per heavy atom. The third-order valence-electron chi connectivity index (χ3n) is 4.22. The summed E-state index contributed by atoms with van der Waals surface area (Å²) in [6, 6.07) is 2.71. The molecular formula is C15H24N4O. The van der Waals surface area contributed by atoms with E-state index in [2.05, 4.69) is 27.8 Å². The van der Waals surface area contributed by atoms with Crippen molar-refractivity contribution < 1.29 is 4.74 Å². The smallest absolute Gasteiger partial charge is 0.227 e. The minimum absolute atomic E-state index is 0.660. The molecule has 110 valence electrons. The van der Waals surface area contributed by atoms with E-state index in [0.717, 1.165) is 44.6 Å². The summed E-state index contributed by atoms with van der Waals surface area (Å²) in [6.07, 6.45) is 6.97. The molecule has 0 amide bonds. The molecule has 2 aliphatic rings. The highest BCUT2D eigenvalue weighted by Crippen LogP contribution is 2.27. The summed E-state index contributed by atoms with van der Waals surface area (Å²) < 4.78 is 5.39. The Hall–Kier alpha value is -1.36. The van der Waals surface area contributed by atoms with Gasteiger partial charge in [0.05, 0.1) is 13.2 Å². The normalized spacial score (nSPS) is 23.4. The molecule has 0 bridgehead atoms. The third kappa shape index (κ3) is 2.87. The zero-order valence-electron chi connectivity index (χ0n) is 12.3. The summed E-state index contributed by atoms with van der Waals surface area (Å²) in [7, 11) is 0. The number of nitrogens with zero attached hydrogens (tertiary/aromatic N) is 4. The Labute approximate surface area is 121 Å². The maximum absolute atomic E-state index is 5.39. The second kappa shape index (κ2) is 6.39. The number of ether oxygens (including phenoxy) is 1. The minimum Gasteiger partial charge on any atom is -0.378 e. The highest BCUT2D eigenvalue weighted by molar-refractivity contribution is 5.45. The molecule has 1 aromatic heterocycles. The molecule has 3 heterocycles. The van der Waals surface area contributed by atoms with Crippen LogP contribution in [0.25, 0.3) is 0 Å². The van der Waals surface area contributed by atoms with Gasteiger partial charge in [-0.05, 0) is 25.3 Å². The fourth-order valence-corrected chi connectivity index (χ4v) is 3.19. The number of rotatable bonds is 4. The molecule has 5 nitrogen and oxygen atoms in total. The van der Waals surface area contributed by atoms with E-state index in [9.17, 15) is 0 Å². The predicted octanol–water partition coefficient (Wildman–Crippen LogP) is 2.08. The van der Waals surface area contributed by atoms with Crippen LogP contribution in [0.5, 0.6) is 0 Å². The number of hydrogen-bond acceptors (Lipinski definition) is 5. The van der Waals surface area contributed by atoms with Crippen molar-refractivity contribution in [3.63, 3.8) is 0 Å². The zero-order chi connectivity index (χ0) is 13.8. The number of morpholine rings is 1. The van der Waals surface area contributed by atoms with Crippen molar-refractivity contribution in [1.82, 2.24) is 9.97 Å². The van der Waals surface area contributed by atoms with Crippen LogP contribution in [-0.2, 0) is 4.74 Å². The van der Waals surface area contributed by atoms with Gasteiger partial charge < -0.3 is 14.5 Å². The number of hydrogen-bond donors (Lipinski definition) is 0. The molecule has 20 heavy (non-hydrogen) atoms. The van der Waals surface area contributed by atoms with E-state index >= 15 is 0 Å². The fourth-order valence-electron chi connectivity index (χ4n) is 3.19. The molecule has 1 atom stereocenters. The molecule has 2 aliphatic heterocycles. The van der Waals surface area contributed by atoms with E-state index in [1.165, 1.54) is 25.7 Å². The van der Waals surface area contributed by atoms with Crippen LogP contribution in [-0.4, -0.2) is 48.9 Å². The summed E-state index contributed by atoms with van der Waals surface area (Å²) in [5, 5.41) is 0. The maximum atomic E-state index is 5.39. The van der Waals surface area contributed by atoms with Crippen LogP contribution in [0.3, 0.4) is 0 Å². The van der Waals surface area contributed by atoms with E-state index in [4.69, 9.17) is 9.72 Å². The average Bonchev–Trinajstić information content (AvgIpc) is 2.97. The highest BCUT2D eigenvalue weighted by Gasteiger charge is 2.25. The maximum Gasteiger partial charge on any atom is 0.227 e. The highest BCUT2D eigenvalue weighted by atomic mass is 16.5. The Kier molecular flexibility index (Phi) is 4.35. The lowest BCUT2D eigenvalue weighted by molar-refractivity contribution is 0.122. The van der Waals surface area contributed by atoms with E-state index in [-0.39, 0.29) is 0 Å². The topological polar surface area (TPSA) is 41.5 Å². The van der Waals surface area contributed by atoms with Crippen molar-refractivity contribution in [3.8, 4) is 0 Å². The molecule has 0 saturated carbocycles. The van der Waals surface area contributed by atoms with Gasteiger partial charge in [0.25, 0.3) is 0 Å². The lowest BCUT2D eigenvalue weighted by Crippen LogP contribution is -2.38.